The molecule has 0 atom stereocenters. The minimum atomic E-state index is -0.537. The van der Waals surface area contributed by atoms with Crippen molar-refractivity contribution in [3.63, 3.8) is 0 Å². The highest BCUT2D eigenvalue weighted by Gasteiger charge is 2.24. The number of hydrogen-bond acceptors (Lipinski definition) is 5. The van der Waals surface area contributed by atoms with E-state index in [4.69, 9.17) is 4.52 Å². The Labute approximate surface area is 133 Å². The molecule has 0 spiro atoms. The molecule has 0 radical (unpaired) electrons. The van der Waals surface area contributed by atoms with E-state index in [2.05, 4.69) is 10.1 Å². The fraction of sp³-hybridized carbons (Fsp3) is 0.375. The predicted molar refractivity (Wildman–Crippen MR) is 80.5 cm³/mol. The Morgan fingerprint density at radius 3 is 2.70 bits per heavy atom. The zero-order valence-corrected chi connectivity index (χ0v) is 12.8. The number of nitrogens with zero attached hydrogens (tertiary/aromatic N) is 3. The third kappa shape index (κ3) is 3.50. The molecule has 7 heteroatoms. The minimum absolute atomic E-state index is 0.00399. The first kappa shape index (κ1) is 15.5. The first-order valence-electron chi connectivity index (χ1n) is 7.45. The van der Waals surface area contributed by atoms with Crippen LogP contribution >= 0.6 is 0 Å². The van der Waals surface area contributed by atoms with Crippen LogP contribution in [-0.2, 0) is 6.54 Å². The summed E-state index contributed by atoms with van der Waals surface area (Å²) in [5.41, 5.74) is 0.847. The SMILES string of the molecule is Cc1cc(CN2CCN(C(=O)c3cc(F)ccc3O)CC2)on1. The lowest BCUT2D eigenvalue weighted by Crippen LogP contribution is -2.48. The van der Waals surface area contributed by atoms with Crippen LogP contribution in [-0.4, -0.2) is 52.1 Å². The molecule has 1 aliphatic rings. The van der Waals surface area contributed by atoms with Gasteiger partial charge in [0.25, 0.3) is 5.91 Å². The summed E-state index contributed by atoms with van der Waals surface area (Å²) in [5, 5.41) is 13.6. The summed E-state index contributed by atoms with van der Waals surface area (Å²) < 4.78 is 18.5. The number of aromatic nitrogens is 1. The number of carbonyl (C=O) groups excluding carboxylic acids is 1. The van der Waals surface area contributed by atoms with E-state index >= 15 is 0 Å². The van der Waals surface area contributed by atoms with E-state index in [0.29, 0.717) is 32.7 Å². The zero-order chi connectivity index (χ0) is 16.4. The van der Waals surface area contributed by atoms with Crippen molar-refractivity contribution >= 4 is 5.91 Å². The largest absolute Gasteiger partial charge is 0.507 e. The Hall–Kier alpha value is -2.41. The molecule has 1 aromatic carbocycles. The Morgan fingerprint density at radius 1 is 1.30 bits per heavy atom. The van der Waals surface area contributed by atoms with Gasteiger partial charge in [-0.05, 0) is 25.1 Å². The number of aromatic hydroxyl groups is 1. The van der Waals surface area contributed by atoms with Gasteiger partial charge in [0.2, 0.25) is 0 Å². The summed E-state index contributed by atoms with van der Waals surface area (Å²) >= 11 is 0. The quantitative estimate of drug-likeness (QED) is 0.934. The van der Waals surface area contributed by atoms with Crippen molar-refractivity contribution in [2.45, 2.75) is 13.5 Å². The maximum atomic E-state index is 13.3. The minimum Gasteiger partial charge on any atom is -0.507 e. The first-order valence-corrected chi connectivity index (χ1v) is 7.45. The van der Waals surface area contributed by atoms with Crippen LogP contribution in [0.4, 0.5) is 4.39 Å². The second-order valence-electron chi connectivity index (χ2n) is 5.66. The summed E-state index contributed by atoms with van der Waals surface area (Å²) in [7, 11) is 0. The van der Waals surface area contributed by atoms with Gasteiger partial charge in [-0.3, -0.25) is 9.69 Å². The van der Waals surface area contributed by atoms with Crippen LogP contribution in [0.25, 0.3) is 0 Å². The van der Waals surface area contributed by atoms with Gasteiger partial charge in [-0.25, -0.2) is 4.39 Å². The number of aryl methyl sites for hydroxylation is 1. The molecule has 1 N–H and O–H groups in total. The van der Waals surface area contributed by atoms with Gasteiger partial charge in [0.05, 0.1) is 17.8 Å². The Morgan fingerprint density at radius 2 is 2.04 bits per heavy atom. The predicted octanol–water partition coefficient (Wildman–Crippen LogP) is 1.79. The normalized spacial score (nSPS) is 15.8. The van der Waals surface area contributed by atoms with Crippen molar-refractivity contribution in [2.75, 3.05) is 26.2 Å². The lowest BCUT2D eigenvalue weighted by Gasteiger charge is -2.34. The molecule has 6 nitrogen and oxygen atoms in total. The molecule has 23 heavy (non-hydrogen) atoms. The summed E-state index contributed by atoms with van der Waals surface area (Å²) in [6.45, 7) is 4.91. The molecule has 122 valence electrons. The van der Waals surface area contributed by atoms with E-state index in [-0.39, 0.29) is 17.2 Å². The number of benzene rings is 1. The van der Waals surface area contributed by atoms with Crippen LogP contribution in [0.15, 0.2) is 28.8 Å². The molecule has 3 rings (SSSR count). The smallest absolute Gasteiger partial charge is 0.257 e. The van der Waals surface area contributed by atoms with E-state index in [1.807, 2.05) is 13.0 Å². The van der Waals surface area contributed by atoms with Gasteiger partial charge >= 0.3 is 0 Å². The second kappa shape index (κ2) is 6.37. The molecule has 2 heterocycles. The molecule has 1 fully saturated rings. The molecular weight excluding hydrogens is 301 g/mol. The first-order chi connectivity index (χ1) is 11.0. The maximum absolute atomic E-state index is 13.3. The van der Waals surface area contributed by atoms with Crippen molar-refractivity contribution in [1.82, 2.24) is 15.0 Å². The van der Waals surface area contributed by atoms with Crippen molar-refractivity contribution in [2.24, 2.45) is 0 Å². The van der Waals surface area contributed by atoms with Gasteiger partial charge in [0.1, 0.15) is 11.6 Å². The van der Waals surface area contributed by atoms with Crippen molar-refractivity contribution in [3.05, 3.63) is 47.1 Å². The van der Waals surface area contributed by atoms with E-state index < -0.39 is 5.82 Å². The molecular formula is C16H18FN3O3. The number of halogens is 1. The van der Waals surface area contributed by atoms with Gasteiger partial charge in [-0.1, -0.05) is 5.16 Å². The highest BCUT2D eigenvalue weighted by atomic mass is 19.1. The van der Waals surface area contributed by atoms with Crippen molar-refractivity contribution < 1.29 is 18.8 Å². The molecule has 1 saturated heterocycles. The van der Waals surface area contributed by atoms with Crippen LogP contribution < -0.4 is 0 Å². The van der Waals surface area contributed by atoms with Crippen LogP contribution in [0.5, 0.6) is 5.75 Å². The van der Waals surface area contributed by atoms with Gasteiger partial charge < -0.3 is 14.5 Å². The summed E-state index contributed by atoms with van der Waals surface area (Å²) in [6, 6.07) is 5.29. The van der Waals surface area contributed by atoms with E-state index in [0.717, 1.165) is 23.6 Å². The van der Waals surface area contributed by atoms with Gasteiger partial charge in [-0.15, -0.1) is 0 Å². The number of hydrogen-bond donors (Lipinski definition) is 1. The molecule has 0 saturated carbocycles. The van der Waals surface area contributed by atoms with Crippen molar-refractivity contribution in [3.8, 4) is 5.75 Å². The number of piperazine rings is 1. The lowest BCUT2D eigenvalue weighted by molar-refractivity contribution is 0.0614. The molecule has 2 aromatic rings. The summed E-state index contributed by atoms with van der Waals surface area (Å²) in [5.74, 6) is -0.288. The van der Waals surface area contributed by atoms with Crippen LogP contribution in [0, 0.1) is 12.7 Å². The van der Waals surface area contributed by atoms with Crippen LogP contribution in [0.1, 0.15) is 21.8 Å². The lowest BCUT2D eigenvalue weighted by atomic mass is 10.1. The third-order valence-corrected chi connectivity index (χ3v) is 3.90. The standard InChI is InChI=1S/C16H18FN3O3/c1-11-8-13(23-18-11)10-19-4-6-20(7-5-19)16(22)14-9-12(17)2-3-15(14)21/h2-3,8-9,21H,4-7,10H2,1H3. The van der Waals surface area contributed by atoms with Gasteiger partial charge in [0, 0.05) is 32.2 Å². The molecule has 1 aliphatic heterocycles. The second-order valence-corrected chi connectivity index (χ2v) is 5.66. The average Bonchev–Trinajstić information content (AvgIpc) is 2.95. The highest BCUT2D eigenvalue weighted by Crippen LogP contribution is 2.21. The Bertz CT molecular complexity index is 708. The number of carbonyl (C=O) groups is 1. The van der Waals surface area contributed by atoms with E-state index in [1.165, 1.54) is 6.07 Å². The third-order valence-electron chi connectivity index (χ3n) is 3.90. The maximum Gasteiger partial charge on any atom is 0.257 e. The van der Waals surface area contributed by atoms with Crippen LogP contribution in [0.2, 0.25) is 0 Å². The number of phenols is 1. The van der Waals surface area contributed by atoms with E-state index in [1.54, 1.807) is 4.90 Å². The number of rotatable bonds is 3. The fourth-order valence-electron chi connectivity index (χ4n) is 2.67. The average molecular weight is 319 g/mol. The monoisotopic (exact) mass is 319 g/mol. The molecule has 0 bridgehead atoms. The van der Waals surface area contributed by atoms with Gasteiger partial charge in [-0.2, -0.15) is 0 Å². The van der Waals surface area contributed by atoms with Crippen LogP contribution in [0.3, 0.4) is 0 Å². The fourth-order valence-corrected chi connectivity index (χ4v) is 2.67. The molecule has 0 unspecified atom stereocenters. The summed E-state index contributed by atoms with van der Waals surface area (Å²) in [6.07, 6.45) is 0. The molecule has 0 aliphatic carbocycles. The molecule has 1 amide bonds. The summed E-state index contributed by atoms with van der Waals surface area (Å²) in [4.78, 5) is 16.2. The van der Waals surface area contributed by atoms with Gasteiger partial charge in [0.15, 0.2) is 5.76 Å². The number of amides is 1. The van der Waals surface area contributed by atoms with E-state index in [9.17, 15) is 14.3 Å². The van der Waals surface area contributed by atoms with Crippen molar-refractivity contribution in [1.29, 1.82) is 0 Å². The Balaban J connectivity index is 1.60. The Kier molecular flexibility index (Phi) is 4.29. The topological polar surface area (TPSA) is 69.8 Å². The highest BCUT2D eigenvalue weighted by molar-refractivity contribution is 5.96. The number of phenolic OH excluding ortho intramolecular Hbond substituents is 1. The zero-order valence-electron chi connectivity index (χ0n) is 12.8. The molecule has 1 aromatic heterocycles.